The van der Waals surface area contributed by atoms with E-state index in [1.54, 1.807) is 42.5 Å². The molecule has 7 nitrogen and oxygen atoms in total. The Labute approximate surface area is 167 Å². The predicted molar refractivity (Wildman–Crippen MR) is 110 cm³/mol. The Hall–Kier alpha value is -3.89. The second-order valence-corrected chi connectivity index (χ2v) is 6.49. The number of hydrogen-bond acceptors (Lipinski definition) is 5. The first kappa shape index (κ1) is 19.9. The van der Waals surface area contributed by atoms with Crippen LogP contribution in [-0.2, 0) is 4.79 Å². The zero-order valence-electron chi connectivity index (χ0n) is 15.7. The van der Waals surface area contributed by atoms with Crippen molar-refractivity contribution < 1.29 is 14.7 Å². The summed E-state index contributed by atoms with van der Waals surface area (Å²) < 4.78 is 0. The quantitative estimate of drug-likeness (QED) is 0.501. The number of carbonyl (C=O) groups is 2. The van der Waals surface area contributed by atoms with E-state index in [4.69, 9.17) is 0 Å². The highest BCUT2D eigenvalue weighted by Crippen LogP contribution is 2.27. The Balaban J connectivity index is 1.77. The number of nitriles is 1. The predicted octanol–water partition coefficient (Wildman–Crippen LogP) is 2.33. The van der Waals surface area contributed by atoms with E-state index in [2.05, 4.69) is 22.2 Å². The van der Waals surface area contributed by atoms with Crippen LogP contribution in [0.5, 0.6) is 0 Å². The molecule has 0 aliphatic rings. The maximum Gasteiger partial charge on any atom is 0.269 e. The topological polar surface area (TPSA) is 114 Å². The Morgan fingerprint density at radius 3 is 2.24 bits per heavy atom. The van der Waals surface area contributed by atoms with Gasteiger partial charge in [0, 0.05) is 22.0 Å². The summed E-state index contributed by atoms with van der Waals surface area (Å²) in [6.07, 6.45) is -1.04. The fourth-order valence-corrected chi connectivity index (χ4v) is 2.95. The van der Waals surface area contributed by atoms with Crippen molar-refractivity contribution >= 4 is 28.3 Å². The average Bonchev–Trinajstić information content (AvgIpc) is 2.75. The molecule has 0 aromatic heterocycles. The molecule has 0 saturated heterocycles. The highest BCUT2D eigenvalue weighted by atomic mass is 16.3. The van der Waals surface area contributed by atoms with Gasteiger partial charge in [0.15, 0.2) is 0 Å². The van der Waals surface area contributed by atoms with Gasteiger partial charge >= 0.3 is 0 Å². The summed E-state index contributed by atoms with van der Waals surface area (Å²) in [7, 11) is 0. The Morgan fingerprint density at radius 1 is 0.931 bits per heavy atom. The van der Waals surface area contributed by atoms with E-state index >= 15 is 0 Å². The zero-order chi connectivity index (χ0) is 20.8. The van der Waals surface area contributed by atoms with E-state index in [1.165, 1.54) is 6.92 Å². The van der Waals surface area contributed by atoms with Crippen molar-refractivity contribution in [3.63, 3.8) is 0 Å². The van der Waals surface area contributed by atoms with Crippen LogP contribution in [0.1, 0.15) is 22.8 Å². The first-order valence-electron chi connectivity index (χ1n) is 9.03. The van der Waals surface area contributed by atoms with Crippen molar-refractivity contribution in [3.8, 4) is 6.07 Å². The largest absolute Gasteiger partial charge is 0.391 e. The lowest BCUT2D eigenvalue weighted by Crippen LogP contribution is -2.52. The van der Waals surface area contributed by atoms with Crippen molar-refractivity contribution in [2.45, 2.75) is 19.1 Å². The summed E-state index contributed by atoms with van der Waals surface area (Å²) in [5, 5.41) is 23.9. The molecule has 3 aromatic rings. The van der Waals surface area contributed by atoms with Gasteiger partial charge in [0.25, 0.3) is 11.8 Å². The summed E-state index contributed by atoms with van der Waals surface area (Å²) >= 11 is 0. The number of benzene rings is 3. The molecule has 0 heterocycles. The van der Waals surface area contributed by atoms with Gasteiger partial charge in [-0.15, -0.1) is 0 Å². The number of aliphatic hydroxyl groups is 1. The molecule has 29 heavy (non-hydrogen) atoms. The van der Waals surface area contributed by atoms with E-state index in [1.807, 2.05) is 24.3 Å². The lowest BCUT2D eigenvalue weighted by atomic mass is 10.0. The molecule has 3 rings (SSSR count). The maximum absolute atomic E-state index is 12.6. The highest BCUT2D eigenvalue weighted by Gasteiger charge is 2.25. The van der Waals surface area contributed by atoms with Crippen LogP contribution in [0.3, 0.4) is 0 Å². The Morgan fingerprint density at radius 2 is 1.59 bits per heavy atom. The monoisotopic (exact) mass is 388 g/mol. The van der Waals surface area contributed by atoms with Gasteiger partial charge in [0.05, 0.1) is 17.7 Å². The Bertz CT molecular complexity index is 1070. The minimum absolute atomic E-state index is 0.396. The number of rotatable bonds is 5. The molecule has 0 saturated carbocycles. The standard InChI is InChI=1S/C22H20N4O3/c1-14(27)20(22(29)26-25-21(28)15-7-3-2-4-8-15)24-19-12-11-16(13-23)17-9-5-6-10-18(17)19/h2-12,14,20,24,27H,1H3,(H,25,28)(H,26,29). The molecule has 2 atom stereocenters. The van der Waals surface area contributed by atoms with Gasteiger partial charge < -0.3 is 10.4 Å². The molecule has 0 aliphatic carbocycles. The summed E-state index contributed by atoms with van der Waals surface area (Å²) in [5.41, 5.74) is 6.18. The molecule has 7 heteroatoms. The van der Waals surface area contributed by atoms with E-state index in [0.29, 0.717) is 16.8 Å². The third-order valence-corrected chi connectivity index (χ3v) is 4.46. The van der Waals surface area contributed by atoms with E-state index < -0.39 is 24.0 Å². The van der Waals surface area contributed by atoms with Crippen LogP contribution in [-0.4, -0.2) is 29.1 Å². The van der Waals surface area contributed by atoms with Crippen molar-refractivity contribution in [2.24, 2.45) is 0 Å². The van der Waals surface area contributed by atoms with Gasteiger partial charge in [-0.3, -0.25) is 20.4 Å². The first-order chi connectivity index (χ1) is 14.0. The van der Waals surface area contributed by atoms with E-state index in [-0.39, 0.29) is 0 Å². The van der Waals surface area contributed by atoms with Crippen molar-refractivity contribution in [3.05, 3.63) is 77.9 Å². The average molecular weight is 388 g/mol. The second-order valence-electron chi connectivity index (χ2n) is 6.49. The number of fused-ring (bicyclic) bond motifs is 1. The lowest BCUT2D eigenvalue weighted by molar-refractivity contribution is -0.124. The normalized spacial score (nSPS) is 12.4. The third kappa shape index (κ3) is 4.51. The maximum atomic E-state index is 12.6. The molecule has 4 N–H and O–H groups in total. The lowest BCUT2D eigenvalue weighted by Gasteiger charge is -2.23. The first-order valence-corrected chi connectivity index (χ1v) is 9.03. The molecule has 3 aromatic carbocycles. The summed E-state index contributed by atoms with van der Waals surface area (Å²) in [6, 6.07) is 20.2. The molecule has 0 radical (unpaired) electrons. The van der Waals surface area contributed by atoms with Gasteiger partial charge in [0.2, 0.25) is 0 Å². The number of amides is 2. The number of nitrogens with zero attached hydrogens (tertiary/aromatic N) is 1. The molecule has 146 valence electrons. The van der Waals surface area contributed by atoms with Crippen LogP contribution < -0.4 is 16.2 Å². The van der Waals surface area contributed by atoms with Crippen LogP contribution in [0.25, 0.3) is 10.8 Å². The molecule has 2 unspecified atom stereocenters. The van der Waals surface area contributed by atoms with Crippen molar-refractivity contribution in [1.82, 2.24) is 10.9 Å². The van der Waals surface area contributed by atoms with Crippen LogP contribution in [0.4, 0.5) is 5.69 Å². The molecule has 0 spiro atoms. The third-order valence-electron chi connectivity index (χ3n) is 4.46. The second kappa shape index (κ2) is 8.87. The van der Waals surface area contributed by atoms with Gasteiger partial charge in [-0.1, -0.05) is 42.5 Å². The smallest absolute Gasteiger partial charge is 0.269 e. The fourth-order valence-electron chi connectivity index (χ4n) is 2.95. The molecule has 0 fully saturated rings. The minimum Gasteiger partial charge on any atom is -0.391 e. The van der Waals surface area contributed by atoms with Crippen LogP contribution in [0.2, 0.25) is 0 Å². The molecular formula is C22H20N4O3. The molecule has 0 bridgehead atoms. The number of nitrogens with one attached hydrogen (secondary N) is 3. The minimum atomic E-state index is -1.04. The van der Waals surface area contributed by atoms with Crippen molar-refractivity contribution in [1.29, 1.82) is 5.26 Å². The molecular weight excluding hydrogens is 368 g/mol. The van der Waals surface area contributed by atoms with Crippen LogP contribution in [0, 0.1) is 11.3 Å². The van der Waals surface area contributed by atoms with Gasteiger partial charge in [0.1, 0.15) is 6.04 Å². The van der Waals surface area contributed by atoms with E-state index in [0.717, 1.165) is 10.8 Å². The number of aliphatic hydroxyl groups excluding tert-OH is 1. The van der Waals surface area contributed by atoms with E-state index in [9.17, 15) is 20.0 Å². The van der Waals surface area contributed by atoms with Crippen LogP contribution in [0.15, 0.2) is 66.7 Å². The van der Waals surface area contributed by atoms with Crippen molar-refractivity contribution in [2.75, 3.05) is 5.32 Å². The fraction of sp³-hybridized carbons (Fsp3) is 0.136. The van der Waals surface area contributed by atoms with Gasteiger partial charge in [-0.25, -0.2) is 0 Å². The highest BCUT2D eigenvalue weighted by molar-refractivity contribution is 6.00. The Kier molecular flexibility index (Phi) is 6.07. The number of anilines is 1. The SMILES string of the molecule is CC(O)C(Nc1ccc(C#N)c2ccccc12)C(=O)NNC(=O)c1ccccc1. The number of hydrazine groups is 1. The van der Waals surface area contributed by atoms with Crippen LogP contribution >= 0.6 is 0 Å². The molecule has 0 aliphatic heterocycles. The number of hydrogen-bond donors (Lipinski definition) is 4. The summed E-state index contributed by atoms with van der Waals surface area (Å²) in [5.74, 6) is -1.06. The summed E-state index contributed by atoms with van der Waals surface area (Å²) in [6.45, 7) is 1.47. The summed E-state index contributed by atoms with van der Waals surface area (Å²) in [4.78, 5) is 24.7. The molecule has 2 amide bonds. The number of carbonyl (C=O) groups excluding carboxylic acids is 2. The zero-order valence-corrected chi connectivity index (χ0v) is 15.7. The van der Waals surface area contributed by atoms with Gasteiger partial charge in [-0.2, -0.15) is 5.26 Å². The van der Waals surface area contributed by atoms with Gasteiger partial charge in [-0.05, 0) is 31.2 Å².